The molecule has 10 aromatic carbocycles. The predicted octanol–water partition coefficient (Wildman–Crippen LogP) is 16.3. The summed E-state index contributed by atoms with van der Waals surface area (Å²) in [6, 6.07) is 82.9. The number of aromatic nitrogens is 1. The van der Waals surface area contributed by atoms with Gasteiger partial charge in [0, 0.05) is 38.4 Å². The summed E-state index contributed by atoms with van der Waals surface area (Å²) in [6.07, 6.45) is 0. The van der Waals surface area contributed by atoms with E-state index < -0.39 is 0 Å². The van der Waals surface area contributed by atoms with Crippen LogP contribution in [0, 0.1) is 0 Å². The first kappa shape index (κ1) is 34.9. The van der Waals surface area contributed by atoms with Gasteiger partial charge in [-0.2, -0.15) is 0 Å². The van der Waals surface area contributed by atoms with Crippen LogP contribution in [0.5, 0.6) is 0 Å². The quantitative estimate of drug-likeness (QED) is 0.161. The summed E-state index contributed by atoms with van der Waals surface area (Å²) >= 11 is 0. The molecule has 12 rings (SSSR count). The van der Waals surface area contributed by atoms with Crippen molar-refractivity contribution in [3.05, 3.63) is 231 Å². The number of nitrogens with zero attached hydrogens (tertiary/aromatic N) is 2. The summed E-state index contributed by atoms with van der Waals surface area (Å²) in [6.45, 7) is 0. The highest BCUT2D eigenvalue weighted by atomic mass is 16.3. The molecule has 2 heterocycles. The second kappa shape index (κ2) is 14.3. The van der Waals surface area contributed by atoms with Gasteiger partial charge in [0.15, 0.2) is 5.58 Å². The first-order valence-electron chi connectivity index (χ1n) is 20.9. The lowest BCUT2D eigenvalue weighted by Crippen LogP contribution is -2.12. The van der Waals surface area contributed by atoms with Gasteiger partial charge in [-0.3, -0.25) is 0 Å². The summed E-state index contributed by atoms with van der Waals surface area (Å²) < 4.78 is 9.25. The number of fused-ring (bicyclic) bond motifs is 7. The molecule has 0 amide bonds. The normalized spacial score (nSPS) is 11.6. The largest absolute Gasteiger partial charge is 0.454 e. The first-order chi connectivity index (χ1) is 30.3. The van der Waals surface area contributed by atoms with Crippen molar-refractivity contribution in [2.45, 2.75) is 0 Å². The molecule has 12 aromatic rings. The van der Waals surface area contributed by atoms with Gasteiger partial charge < -0.3 is 13.9 Å². The molecular formula is C58H38N2O. The predicted molar refractivity (Wildman–Crippen MR) is 257 cm³/mol. The minimum atomic E-state index is 0.844. The van der Waals surface area contributed by atoms with Gasteiger partial charge in [0.2, 0.25) is 0 Å². The second-order valence-electron chi connectivity index (χ2n) is 15.6. The number of furan rings is 1. The molecule has 61 heavy (non-hydrogen) atoms. The van der Waals surface area contributed by atoms with Gasteiger partial charge in [-0.25, -0.2) is 0 Å². The van der Waals surface area contributed by atoms with Gasteiger partial charge in [0.25, 0.3) is 0 Å². The lowest BCUT2D eigenvalue weighted by atomic mass is 9.91. The molecule has 0 saturated carbocycles. The smallest absolute Gasteiger partial charge is 0.159 e. The van der Waals surface area contributed by atoms with Gasteiger partial charge in [0.05, 0.1) is 28.1 Å². The molecule has 0 aliphatic heterocycles. The summed E-state index contributed by atoms with van der Waals surface area (Å²) in [5, 5.41) is 7.10. The van der Waals surface area contributed by atoms with E-state index in [1.54, 1.807) is 0 Å². The van der Waals surface area contributed by atoms with E-state index in [0.29, 0.717) is 0 Å². The number of hydrogen-bond donors (Lipinski definition) is 0. The molecule has 0 atom stereocenters. The third-order valence-electron chi connectivity index (χ3n) is 12.2. The fraction of sp³-hybridized carbons (Fsp3) is 0. The molecule has 3 heteroatoms. The number of benzene rings is 10. The molecular weight excluding hydrogens is 741 g/mol. The lowest BCUT2D eigenvalue weighted by molar-refractivity contribution is 0.669. The average molecular weight is 779 g/mol. The van der Waals surface area contributed by atoms with Crippen LogP contribution < -0.4 is 4.90 Å². The zero-order valence-corrected chi connectivity index (χ0v) is 33.2. The summed E-state index contributed by atoms with van der Waals surface area (Å²) in [5.41, 5.74) is 15.2. The van der Waals surface area contributed by atoms with E-state index in [9.17, 15) is 0 Å². The van der Waals surface area contributed by atoms with Crippen LogP contribution in [-0.4, -0.2) is 4.57 Å². The summed E-state index contributed by atoms with van der Waals surface area (Å²) in [4.78, 5) is 2.40. The maximum absolute atomic E-state index is 6.82. The Morgan fingerprint density at radius 1 is 0.361 bits per heavy atom. The number of hydrogen-bond acceptors (Lipinski definition) is 2. The minimum Gasteiger partial charge on any atom is -0.454 e. The van der Waals surface area contributed by atoms with Crippen molar-refractivity contribution >= 4 is 71.6 Å². The van der Waals surface area contributed by atoms with Crippen molar-refractivity contribution in [3.8, 4) is 39.1 Å². The summed E-state index contributed by atoms with van der Waals surface area (Å²) in [5.74, 6) is 0. The Morgan fingerprint density at radius 2 is 0.902 bits per heavy atom. The zero-order chi connectivity index (χ0) is 40.3. The highest BCUT2D eigenvalue weighted by Crippen LogP contribution is 2.48. The van der Waals surface area contributed by atoms with Crippen LogP contribution in [0.4, 0.5) is 17.1 Å². The third kappa shape index (κ3) is 5.66. The molecule has 0 aliphatic carbocycles. The van der Waals surface area contributed by atoms with Crippen LogP contribution in [0.2, 0.25) is 0 Å². The van der Waals surface area contributed by atoms with Crippen molar-refractivity contribution < 1.29 is 4.42 Å². The van der Waals surface area contributed by atoms with Crippen LogP contribution >= 0.6 is 0 Å². The van der Waals surface area contributed by atoms with Crippen molar-refractivity contribution in [1.82, 2.24) is 4.57 Å². The van der Waals surface area contributed by atoms with Gasteiger partial charge in [-0.05, 0) is 81.6 Å². The maximum atomic E-state index is 6.82. The monoisotopic (exact) mass is 778 g/mol. The van der Waals surface area contributed by atoms with Crippen molar-refractivity contribution in [3.63, 3.8) is 0 Å². The van der Waals surface area contributed by atoms with Crippen molar-refractivity contribution in [1.29, 1.82) is 0 Å². The van der Waals surface area contributed by atoms with Crippen LogP contribution in [-0.2, 0) is 0 Å². The average Bonchev–Trinajstić information content (AvgIpc) is 3.88. The van der Waals surface area contributed by atoms with E-state index in [4.69, 9.17) is 4.42 Å². The Morgan fingerprint density at radius 3 is 1.69 bits per heavy atom. The van der Waals surface area contributed by atoms with Crippen LogP contribution in [0.3, 0.4) is 0 Å². The van der Waals surface area contributed by atoms with Gasteiger partial charge in [0.1, 0.15) is 5.58 Å². The third-order valence-corrected chi connectivity index (χ3v) is 12.2. The van der Waals surface area contributed by atoms with Gasteiger partial charge >= 0.3 is 0 Å². The molecule has 0 unspecified atom stereocenters. The highest BCUT2D eigenvalue weighted by Gasteiger charge is 2.24. The topological polar surface area (TPSA) is 21.3 Å². The van der Waals surface area contributed by atoms with Crippen LogP contribution in [0.25, 0.3) is 93.6 Å². The van der Waals surface area contributed by atoms with Crippen LogP contribution in [0.1, 0.15) is 0 Å². The number of anilines is 3. The molecule has 3 nitrogen and oxygen atoms in total. The van der Waals surface area contributed by atoms with Gasteiger partial charge in [-0.15, -0.1) is 0 Å². The number of para-hydroxylation sites is 6. The minimum absolute atomic E-state index is 0.844. The zero-order valence-electron chi connectivity index (χ0n) is 33.2. The standard InChI is InChI=1S/C58H38N2O/c1-2-18-39(19-3-1)43-29-15-20-40-21-16-30-44(57(40)43)41-22-14-23-42(38-41)59(55-36-17-31-50-49-28-8-13-37-56(49)61-58(50)55)51-32-9-4-24-45(51)46-25-5-10-33-52(46)60-53-34-11-6-26-47(53)48-27-7-12-35-54(48)60/h1-38H. The molecule has 0 spiro atoms. The molecule has 0 bridgehead atoms. The van der Waals surface area contributed by atoms with E-state index in [1.165, 1.54) is 49.3 Å². The Balaban J connectivity index is 1.12. The van der Waals surface area contributed by atoms with E-state index in [2.05, 4.69) is 234 Å². The van der Waals surface area contributed by atoms with Crippen LogP contribution in [0.15, 0.2) is 235 Å². The molecule has 2 aromatic heterocycles. The summed E-state index contributed by atoms with van der Waals surface area (Å²) in [7, 11) is 0. The maximum Gasteiger partial charge on any atom is 0.159 e. The highest BCUT2D eigenvalue weighted by molar-refractivity contribution is 6.13. The molecule has 286 valence electrons. The SMILES string of the molecule is c1ccc(-c2cccc3cccc(-c4cccc(N(c5ccccc5-c5ccccc5-n5c6ccccc6c6ccccc65)c5cccc6c5oc5ccccc56)c4)c23)cc1. The van der Waals surface area contributed by atoms with Crippen molar-refractivity contribution in [2.24, 2.45) is 0 Å². The molecule has 0 N–H and O–H groups in total. The molecule has 0 radical (unpaired) electrons. The molecule has 0 saturated heterocycles. The van der Waals surface area contributed by atoms with E-state index in [1.807, 2.05) is 6.07 Å². The van der Waals surface area contributed by atoms with Crippen molar-refractivity contribution in [2.75, 3.05) is 4.90 Å². The Kier molecular flexibility index (Phi) is 8.17. The second-order valence-corrected chi connectivity index (χ2v) is 15.6. The molecule has 0 aliphatic rings. The van der Waals surface area contributed by atoms with E-state index in [-0.39, 0.29) is 0 Å². The Bertz CT molecular complexity index is 3550. The first-order valence-corrected chi connectivity index (χ1v) is 20.9. The lowest BCUT2D eigenvalue weighted by Gasteiger charge is -2.29. The fourth-order valence-electron chi connectivity index (χ4n) is 9.54. The Labute approximate surface area is 353 Å². The number of rotatable bonds is 7. The fourth-order valence-corrected chi connectivity index (χ4v) is 9.54. The van der Waals surface area contributed by atoms with Gasteiger partial charge in [-0.1, -0.05) is 182 Å². The Hall–Kier alpha value is -8.14. The van der Waals surface area contributed by atoms with E-state index >= 15 is 0 Å². The van der Waals surface area contributed by atoms with E-state index in [0.717, 1.165) is 61.4 Å². The molecule has 0 fully saturated rings.